The van der Waals surface area contributed by atoms with Crippen molar-refractivity contribution >= 4 is 90.6 Å². The van der Waals surface area contributed by atoms with E-state index in [0.717, 1.165) is 28.4 Å². The van der Waals surface area contributed by atoms with Crippen molar-refractivity contribution in [3.63, 3.8) is 0 Å². The van der Waals surface area contributed by atoms with Gasteiger partial charge >= 0.3 is 21.8 Å². The van der Waals surface area contributed by atoms with E-state index in [1.165, 1.54) is 24.0 Å². The molecular weight excluding hydrogens is 1220 g/mol. The van der Waals surface area contributed by atoms with Crippen LogP contribution in [0.4, 0.5) is 4.79 Å². The van der Waals surface area contributed by atoms with Crippen molar-refractivity contribution in [1.29, 1.82) is 0 Å². The Labute approximate surface area is 521 Å². The summed E-state index contributed by atoms with van der Waals surface area (Å²) in [6.07, 6.45) is -0.794. The van der Waals surface area contributed by atoms with Crippen molar-refractivity contribution in [2.24, 2.45) is 23.7 Å². The van der Waals surface area contributed by atoms with Gasteiger partial charge in [-0.05, 0) is 101 Å². The molecule has 0 saturated carbocycles. The summed E-state index contributed by atoms with van der Waals surface area (Å²) in [6.45, 7) is 8.69. The number of hydrogen-bond donors (Lipinski definition) is 6. The Balaban J connectivity index is 1.04. The molecule has 2 aliphatic rings. The molecule has 29 nitrogen and oxygen atoms in total. The van der Waals surface area contributed by atoms with Crippen LogP contribution in [0.1, 0.15) is 101 Å². The normalized spacial score (nSPS) is 17.4. The van der Waals surface area contributed by atoms with Crippen LogP contribution in [0.25, 0.3) is 21.8 Å². The second-order valence-electron chi connectivity index (χ2n) is 22.8. The van der Waals surface area contributed by atoms with Crippen molar-refractivity contribution in [2.75, 3.05) is 82.2 Å². The molecule has 6 rings (SSSR count). The lowest BCUT2D eigenvalue weighted by atomic mass is 9.95. The molecule has 2 fully saturated rings. The number of carbonyl (C=O) groups excluding carboxylic acids is 9. The van der Waals surface area contributed by atoms with Gasteiger partial charge in [-0.2, -0.15) is 0 Å². The van der Waals surface area contributed by atoms with Crippen LogP contribution in [0, 0.1) is 23.7 Å². The molecule has 6 N–H and O–H groups in total. The number of aromatic nitrogens is 2. The zero-order valence-corrected chi connectivity index (χ0v) is 54.5. The first-order valence-corrected chi connectivity index (χ1v) is 32.3. The van der Waals surface area contributed by atoms with E-state index in [1.807, 2.05) is 27.7 Å². The van der Waals surface area contributed by atoms with Gasteiger partial charge in [-0.25, -0.2) is 13.9 Å². The van der Waals surface area contributed by atoms with Gasteiger partial charge in [-0.1, -0.05) is 39.8 Å². The number of carbonyl (C=O) groups is 9. The predicted molar refractivity (Wildman–Crippen MR) is 325 cm³/mol. The number of Topliss-reactive ketones (excluding diaryl/α,β-unsaturated/α-hetero) is 2. The summed E-state index contributed by atoms with van der Waals surface area (Å²) in [6, 6.07) is 7.20. The molecule has 496 valence electrons. The molecule has 4 heterocycles. The lowest BCUT2D eigenvalue weighted by molar-refractivity contribution is -0.135. The second-order valence-corrected chi connectivity index (χ2v) is 26.6. The molecule has 0 unspecified atom stereocenters. The van der Waals surface area contributed by atoms with Crippen LogP contribution in [-0.2, 0) is 74.5 Å². The molecule has 2 aromatic carbocycles. The van der Waals surface area contributed by atoms with Crippen LogP contribution in [0.15, 0.2) is 48.5 Å². The highest BCUT2D eigenvalue weighted by Gasteiger charge is 2.42. The number of nitrogens with one attached hydrogen (secondary N) is 6. The lowest BCUT2D eigenvalue weighted by Gasteiger charge is -2.27. The molecule has 0 spiro atoms. The Morgan fingerprint density at radius 2 is 0.911 bits per heavy atom. The van der Waals surface area contributed by atoms with E-state index < -0.39 is 130 Å². The van der Waals surface area contributed by atoms with Gasteiger partial charge in [0.2, 0.25) is 23.6 Å². The number of phosphoric ester groups is 2. The number of amides is 6. The van der Waals surface area contributed by atoms with E-state index in [2.05, 4.69) is 31.2 Å². The quantitative estimate of drug-likeness (QED) is 0.0224. The molecule has 2 saturated heterocycles. The standard InChI is InChI=1S/C59H84N8O21P2/c1-33(2)23-45(64-55(72)47-27-39-41(60-47)15-13-17-51(39)79-7)53(70)62-43(49(68)31-87-89(77,81-9)82-10)25-37-19-21-66(57(37)74)35(5)29-85-59(76)86-30-36(6)67-22-20-38(58(67)75)26-44(50(69)32-88-90(78,83-11)84-12)63-54(71)46(24-34(3)4)65-56(73)48-28-40-42(61-48)16-14-18-52(40)80-8/h13-18,27-28,33-38,43-46,60-61H,19-26,29-32H2,1-12H3,(H,62,70)(H,63,71)(H,64,72)(H,65,73)/t35-,36-,37-,38-,43-,44-,45-,46-/m0/s1. The monoisotopic (exact) mass is 1300 g/mol. The minimum Gasteiger partial charge on any atom is -0.496 e. The molecule has 31 heteroatoms. The summed E-state index contributed by atoms with van der Waals surface area (Å²) in [5.74, 6) is -5.90. The fourth-order valence-corrected chi connectivity index (χ4v) is 12.0. The molecule has 0 aliphatic carbocycles. The molecule has 4 aromatic rings. The molecule has 2 aliphatic heterocycles. The Bertz CT molecular complexity index is 3090. The fourth-order valence-electron chi connectivity index (χ4n) is 10.7. The third-order valence-electron chi connectivity index (χ3n) is 15.6. The summed E-state index contributed by atoms with van der Waals surface area (Å²) in [5.41, 5.74) is 1.55. The summed E-state index contributed by atoms with van der Waals surface area (Å²) in [4.78, 5) is 133. The van der Waals surface area contributed by atoms with Gasteiger partial charge in [0.05, 0.1) is 38.4 Å². The number of rotatable bonds is 36. The number of aromatic amines is 2. The highest BCUT2D eigenvalue weighted by atomic mass is 31.2. The van der Waals surface area contributed by atoms with Gasteiger partial charge in [0.25, 0.3) is 11.8 Å². The van der Waals surface area contributed by atoms with Gasteiger partial charge in [-0.3, -0.25) is 65.5 Å². The Hall–Kier alpha value is -7.23. The third kappa shape index (κ3) is 18.9. The van der Waals surface area contributed by atoms with Crippen LogP contribution in [-0.4, -0.2) is 191 Å². The van der Waals surface area contributed by atoms with E-state index >= 15 is 0 Å². The number of fused-ring (bicyclic) bond motifs is 2. The highest BCUT2D eigenvalue weighted by Crippen LogP contribution is 2.48. The maximum absolute atomic E-state index is 14.1. The van der Waals surface area contributed by atoms with Crippen LogP contribution < -0.4 is 30.7 Å². The Kier molecular flexibility index (Phi) is 26.1. The molecule has 2 aromatic heterocycles. The van der Waals surface area contributed by atoms with Crippen molar-refractivity contribution in [1.82, 2.24) is 41.0 Å². The van der Waals surface area contributed by atoms with Gasteiger partial charge in [0.15, 0.2) is 11.6 Å². The van der Waals surface area contributed by atoms with Crippen LogP contribution in [0.3, 0.4) is 0 Å². The predicted octanol–water partition coefficient (Wildman–Crippen LogP) is 6.01. The maximum atomic E-state index is 14.1. The number of ether oxygens (including phenoxy) is 4. The number of nitrogens with zero attached hydrogens (tertiary/aromatic N) is 2. The van der Waals surface area contributed by atoms with Crippen molar-refractivity contribution < 1.29 is 98.4 Å². The summed E-state index contributed by atoms with van der Waals surface area (Å²) in [7, 11) is -1.09. The summed E-state index contributed by atoms with van der Waals surface area (Å²) in [5, 5.41) is 12.2. The first kappa shape index (κ1) is 71.8. The van der Waals surface area contributed by atoms with Crippen LogP contribution in [0.5, 0.6) is 11.5 Å². The smallest absolute Gasteiger partial charge is 0.496 e. The van der Waals surface area contributed by atoms with E-state index in [1.54, 1.807) is 62.4 Å². The SMILES string of the molecule is COc1cccc2[nH]c(C(=O)N[C@@H](CC(C)C)C(=O)N[C@@H](C[C@@H]3CCN([C@@H](C)COC(=O)OC[C@H](C)N4CC[C@@H](C[C@H](NC(=O)[C@H](CC(C)C)NC(=O)c5cc6c(OC)cccc6[nH]5)C(=O)COP(=O)(OC)OC)C4=O)C3=O)C(=O)COP(=O)(OC)OC)cc12. The minimum atomic E-state index is -4.16. The lowest BCUT2D eigenvalue weighted by Crippen LogP contribution is -2.53. The largest absolute Gasteiger partial charge is 0.508 e. The summed E-state index contributed by atoms with van der Waals surface area (Å²) >= 11 is 0. The molecule has 90 heavy (non-hydrogen) atoms. The Morgan fingerprint density at radius 3 is 1.24 bits per heavy atom. The number of hydrogen-bond acceptors (Lipinski definition) is 21. The van der Waals surface area contributed by atoms with E-state index in [4.69, 9.17) is 46.1 Å². The Morgan fingerprint density at radius 1 is 0.544 bits per heavy atom. The third-order valence-corrected chi connectivity index (χ3v) is 18.2. The number of benzene rings is 2. The molecule has 8 atom stereocenters. The summed E-state index contributed by atoms with van der Waals surface area (Å²) < 4.78 is 77.0. The number of likely N-dealkylation sites (tertiary alicyclic amines) is 2. The van der Waals surface area contributed by atoms with Crippen molar-refractivity contribution in [2.45, 2.75) is 116 Å². The maximum Gasteiger partial charge on any atom is 0.508 e. The average molecular weight is 1300 g/mol. The van der Waals surface area contributed by atoms with Crippen LogP contribution >= 0.6 is 15.6 Å². The zero-order valence-electron chi connectivity index (χ0n) is 52.7. The minimum absolute atomic E-state index is 0.112. The number of H-pyrrole nitrogens is 2. The van der Waals surface area contributed by atoms with Gasteiger partial charge in [0, 0.05) is 75.2 Å². The van der Waals surface area contributed by atoms with Crippen molar-refractivity contribution in [3.05, 3.63) is 59.9 Å². The first-order chi connectivity index (χ1) is 42.7. The number of ketones is 2. The van der Waals surface area contributed by atoms with Crippen LogP contribution in [0.2, 0.25) is 0 Å². The molecule has 0 bridgehead atoms. The van der Waals surface area contributed by atoms with E-state index in [0.29, 0.717) is 33.3 Å². The molecule has 6 amide bonds. The average Bonchev–Trinajstić information content (AvgIpc) is 3.64. The second kappa shape index (κ2) is 32.7. The molecular formula is C59H84N8O21P2. The molecule has 0 radical (unpaired) electrons. The number of methoxy groups -OCH3 is 2. The van der Waals surface area contributed by atoms with Gasteiger partial charge in [-0.15, -0.1) is 0 Å². The number of phosphoric acid groups is 2. The first-order valence-electron chi connectivity index (χ1n) is 29.4. The van der Waals surface area contributed by atoms with Gasteiger partial charge in [0.1, 0.15) is 61.4 Å². The fraction of sp³-hybridized carbons (Fsp3) is 0.576. The topological polar surface area (TPSA) is 366 Å². The van der Waals surface area contributed by atoms with Crippen molar-refractivity contribution in [3.8, 4) is 11.5 Å². The highest BCUT2D eigenvalue weighted by molar-refractivity contribution is 7.48. The zero-order chi connectivity index (χ0) is 66.2. The van der Waals surface area contributed by atoms with E-state index in [-0.39, 0.29) is 88.1 Å². The van der Waals surface area contributed by atoms with Gasteiger partial charge < -0.3 is 60.0 Å². The van der Waals surface area contributed by atoms with E-state index in [9.17, 15) is 52.3 Å².